The van der Waals surface area contributed by atoms with Gasteiger partial charge in [-0.25, -0.2) is 4.79 Å². The minimum absolute atomic E-state index is 0.0816. The Balaban J connectivity index is 1.82. The van der Waals surface area contributed by atoms with Crippen LogP contribution in [0.3, 0.4) is 0 Å². The van der Waals surface area contributed by atoms with E-state index in [1.165, 1.54) is 0 Å². The molecular formula is C27H36ClN5O3. The fourth-order valence-corrected chi connectivity index (χ4v) is 4.22. The van der Waals surface area contributed by atoms with Crippen LogP contribution in [-0.2, 0) is 0 Å². The molecule has 1 aliphatic heterocycles. The second kappa shape index (κ2) is 11.6. The molecule has 0 bridgehead atoms. The number of rotatable bonds is 6. The monoisotopic (exact) mass is 513 g/mol. The van der Waals surface area contributed by atoms with Crippen molar-refractivity contribution in [2.75, 3.05) is 49.5 Å². The van der Waals surface area contributed by atoms with E-state index in [2.05, 4.69) is 15.5 Å². The molecule has 36 heavy (non-hydrogen) atoms. The van der Waals surface area contributed by atoms with Gasteiger partial charge in [0.15, 0.2) is 0 Å². The molecule has 0 aliphatic carbocycles. The summed E-state index contributed by atoms with van der Waals surface area (Å²) in [7, 11) is 0. The van der Waals surface area contributed by atoms with Gasteiger partial charge in [0.05, 0.1) is 5.56 Å². The third-order valence-corrected chi connectivity index (χ3v) is 6.28. The average Bonchev–Trinajstić information content (AvgIpc) is 2.84. The summed E-state index contributed by atoms with van der Waals surface area (Å²) in [6, 6.07) is 12.0. The zero-order valence-corrected chi connectivity index (χ0v) is 22.5. The maximum Gasteiger partial charge on any atom is 0.317 e. The molecule has 0 spiro atoms. The van der Waals surface area contributed by atoms with Crippen molar-refractivity contribution >= 4 is 40.8 Å². The molecule has 1 fully saturated rings. The largest absolute Gasteiger partial charge is 0.367 e. The van der Waals surface area contributed by atoms with Crippen LogP contribution in [0.2, 0.25) is 5.02 Å². The van der Waals surface area contributed by atoms with Gasteiger partial charge in [0.2, 0.25) is 0 Å². The molecule has 2 aromatic carbocycles. The first-order valence-electron chi connectivity index (χ1n) is 12.3. The molecule has 0 saturated carbocycles. The number of nitrogens with zero attached hydrogens (tertiary/aromatic N) is 3. The van der Waals surface area contributed by atoms with Crippen molar-refractivity contribution in [3.63, 3.8) is 0 Å². The van der Waals surface area contributed by atoms with Crippen molar-refractivity contribution in [3.05, 3.63) is 58.6 Å². The predicted octanol–water partition coefficient (Wildman–Crippen LogP) is 4.70. The van der Waals surface area contributed by atoms with Crippen molar-refractivity contribution in [2.24, 2.45) is 0 Å². The lowest BCUT2D eigenvalue weighted by Gasteiger charge is -2.38. The zero-order valence-electron chi connectivity index (χ0n) is 21.7. The van der Waals surface area contributed by atoms with Gasteiger partial charge >= 0.3 is 6.03 Å². The topological polar surface area (TPSA) is 85.0 Å². The minimum Gasteiger partial charge on any atom is -0.367 e. The lowest BCUT2D eigenvalue weighted by molar-refractivity contribution is 0.0773. The van der Waals surface area contributed by atoms with Gasteiger partial charge in [-0.1, -0.05) is 11.6 Å². The van der Waals surface area contributed by atoms with Crippen molar-refractivity contribution in [3.8, 4) is 0 Å². The Morgan fingerprint density at radius 3 is 2.11 bits per heavy atom. The number of benzene rings is 2. The molecule has 4 amide bonds. The summed E-state index contributed by atoms with van der Waals surface area (Å²) in [5, 5.41) is 6.45. The molecule has 2 aromatic rings. The maximum absolute atomic E-state index is 13.4. The van der Waals surface area contributed by atoms with E-state index in [9.17, 15) is 14.4 Å². The highest BCUT2D eigenvalue weighted by molar-refractivity contribution is 6.30. The number of hydrogen-bond acceptors (Lipinski definition) is 4. The van der Waals surface area contributed by atoms with Gasteiger partial charge in [-0.15, -0.1) is 0 Å². The van der Waals surface area contributed by atoms with E-state index in [-0.39, 0.29) is 23.4 Å². The van der Waals surface area contributed by atoms with Gasteiger partial charge in [-0.2, -0.15) is 0 Å². The number of nitrogens with one attached hydrogen (secondary N) is 2. The molecule has 0 atom stereocenters. The van der Waals surface area contributed by atoms with Gasteiger partial charge in [-0.3, -0.25) is 9.59 Å². The van der Waals surface area contributed by atoms with Crippen LogP contribution in [0.25, 0.3) is 0 Å². The number of hydrogen-bond donors (Lipinski definition) is 2. The first-order chi connectivity index (χ1) is 17.0. The zero-order chi connectivity index (χ0) is 26.5. The Labute approximate surface area is 218 Å². The normalized spacial score (nSPS) is 13.8. The van der Waals surface area contributed by atoms with Gasteiger partial charge < -0.3 is 25.3 Å². The highest BCUT2D eigenvalue weighted by Crippen LogP contribution is 2.28. The van der Waals surface area contributed by atoms with E-state index >= 15 is 0 Å². The van der Waals surface area contributed by atoms with E-state index in [4.69, 9.17) is 11.6 Å². The third-order valence-electron chi connectivity index (χ3n) is 6.03. The fraction of sp³-hybridized carbons (Fsp3) is 0.444. The van der Waals surface area contributed by atoms with Gasteiger partial charge in [0.25, 0.3) is 11.8 Å². The number of carbonyl (C=O) groups excluding carboxylic acids is 3. The minimum atomic E-state index is -0.302. The van der Waals surface area contributed by atoms with E-state index < -0.39 is 0 Å². The van der Waals surface area contributed by atoms with Crippen LogP contribution in [0.5, 0.6) is 0 Å². The molecule has 1 saturated heterocycles. The van der Waals surface area contributed by atoms with E-state index in [1.54, 1.807) is 46.2 Å². The Bertz CT molecular complexity index is 1090. The highest BCUT2D eigenvalue weighted by atomic mass is 35.5. The molecule has 3 rings (SSSR count). The van der Waals surface area contributed by atoms with Crippen LogP contribution in [0, 0.1) is 0 Å². The number of carbonyl (C=O) groups is 3. The van der Waals surface area contributed by atoms with Crippen LogP contribution in [0.4, 0.5) is 16.2 Å². The molecule has 1 aliphatic rings. The molecule has 2 N–H and O–H groups in total. The third kappa shape index (κ3) is 6.91. The molecule has 0 radical (unpaired) electrons. The van der Waals surface area contributed by atoms with Crippen molar-refractivity contribution in [1.29, 1.82) is 0 Å². The number of piperazine rings is 1. The van der Waals surface area contributed by atoms with Crippen LogP contribution in [0.15, 0.2) is 42.5 Å². The smallest absolute Gasteiger partial charge is 0.317 e. The summed E-state index contributed by atoms with van der Waals surface area (Å²) in [4.78, 5) is 44.4. The summed E-state index contributed by atoms with van der Waals surface area (Å²) in [5.74, 6) is -0.371. The Morgan fingerprint density at radius 1 is 0.944 bits per heavy atom. The molecule has 8 nitrogen and oxygen atoms in total. The molecule has 9 heteroatoms. The summed E-state index contributed by atoms with van der Waals surface area (Å²) in [6.07, 6.45) is 0. The Morgan fingerprint density at radius 2 is 1.56 bits per heavy atom. The molecule has 0 unspecified atom stereocenters. The van der Waals surface area contributed by atoms with Crippen molar-refractivity contribution in [2.45, 2.75) is 40.2 Å². The average molecular weight is 514 g/mol. The second-order valence-corrected chi connectivity index (χ2v) is 10.3. The van der Waals surface area contributed by atoms with Crippen LogP contribution in [-0.4, -0.2) is 72.5 Å². The summed E-state index contributed by atoms with van der Waals surface area (Å²) in [5.41, 5.74) is 2.04. The van der Waals surface area contributed by atoms with Gasteiger partial charge in [-0.05, 0) is 77.1 Å². The number of urea groups is 1. The Hall–Kier alpha value is -3.26. The van der Waals surface area contributed by atoms with Crippen LogP contribution in [0.1, 0.15) is 55.3 Å². The standard InChI is InChI=1S/C27H36ClN5O3/c1-6-31(7-2)25(35)22-18-21(29-24(34)19-8-10-20(28)11-9-19)12-13-23(22)32-14-16-33(17-15-32)26(36)30-27(3,4)5/h8-13,18H,6-7,14-17H2,1-5H3,(H,29,34)(H,30,36). The van der Waals surface area contributed by atoms with E-state index in [0.29, 0.717) is 61.1 Å². The van der Waals surface area contributed by atoms with E-state index in [0.717, 1.165) is 5.69 Å². The first kappa shape index (κ1) is 27.3. The van der Waals surface area contributed by atoms with Crippen LogP contribution < -0.4 is 15.5 Å². The molecule has 1 heterocycles. The van der Waals surface area contributed by atoms with Crippen molar-refractivity contribution < 1.29 is 14.4 Å². The summed E-state index contributed by atoms with van der Waals surface area (Å²) < 4.78 is 0. The first-order valence-corrected chi connectivity index (χ1v) is 12.7. The number of amides is 4. The summed E-state index contributed by atoms with van der Waals surface area (Å²) in [6.45, 7) is 13.2. The fourth-order valence-electron chi connectivity index (χ4n) is 4.10. The van der Waals surface area contributed by atoms with Gasteiger partial charge in [0.1, 0.15) is 0 Å². The lowest BCUT2D eigenvalue weighted by Crippen LogP contribution is -2.55. The quantitative estimate of drug-likeness (QED) is 0.586. The van der Waals surface area contributed by atoms with Crippen molar-refractivity contribution in [1.82, 2.24) is 15.1 Å². The number of anilines is 2. The molecule has 194 valence electrons. The highest BCUT2D eigenvalue weighted by Gasteiger charge is 2.27. The lowest BCUT2D eigenvalue weighted by atomic mass is 10.1. The van der Waals surface area contributed by atoms with E-state index in [1.807, 2.05) is 40.7 Å². The Kier molecular flexibility index (Phi) is 8.84. The molecular weight excluding hydrogens is 478 g/mol. The predicted molar refractivity (Wildman–Crippen MR) is 145 cm³/mol. The van der Waals surface area contributed by atoms with Crippen LogP contribution >= 0.6 is 11.6 Å². The summed E-state index contributed by atoms with van der Waals surface area (Å²) >= 11 is 5.93. The number of halogens is 1. The SMILES string of the molecule is CCN(CC)C(=O)c1cc(NC(=O)c2ccc(Cl)cc2)ccc1N1CCN(C(=O)NC(C)(C)C)CC1. The maximum atomic E-state index is 13.4. The second-order valence-electron chi connectivity index (χ2n) is 9.82. The molecule has 0 aromatic heterocycles. The van der Waals surface area contributed by atoms with Gasteiger partial charge in [0, 0.05) is 66.8 Å².